The molecule has 1 aromatic carbocycles. The summed E-state index contributed by atoms with van der Waals surface area (Å²) in [5, 5.41) is 12.5. The van der Waals surface area contributed by atoms with Gasteiger partial charge in [-0.05, 0) is 19.1 Å². The number of carbonyl (C=O) groups excluding carboxylic acids is 1. The van der Waals surface area contributed by atoms with E-state index >= 15 is 0 Å². The third kappa shape index (κ3) is 3.08. The molecule has 0 aliphatic rings. The number of rotatable bonds is 3. The van der Waals surface area contributed by atoms with Crippen molar-refractivity contribution in [3.63, 3.8) is 0 Å². The van der Waals surface area contributed by atoms with Crippen molar-refractivity contribution < 1.29 is 9.72 Å². The maximum absolute atomic E-state index is 11.3. The lowest BCUT2D eigenvalue weighted by Crippen LogP contribution is -2.20. The fraction of sp³-hybridized carbons (Fsp3) is 0.222. The van der Waals surface area contributed by atoms with Gasteiger partial charge in [-0.1, -0.05) is 11.6 Å². The Balaban J connectivity index is 3.06. The van der Waals surface area contributed by atoms with Gasteiger partial charge in [0.25, 0.3) is 5.69 Å². The molecular formula is C9H8Cl2N2O3. The number of benzene rings is 1. The van der Waals surface area contributed by atoms with E-state index < -0.39 is 16.2 Å². The second kappa shape index (κ2) is 5.14. The van der Waals surface area contributed by atoms with Crippen LogP contribution in [0.1, 0.15) is 6.92 Å². The molecule has 16 heavy (non-hydrogen) atoms. The number of alkyl halides is 1. The maximum Gasteiger partial charge on any atom is 0.292 e. The Labute approximate surface area is 101 Å². The van der Waals surface area contributed by atoms with Crippen molar-refractivity contribution in [1.82, 2.24) is 0 Å². The summed E-state index contributed by atoms with van der Waals surface area (Å²) in [5.74, 6) is -0.521. The van der Waals surface area contributed by atoms with E-state index in [9.17, 15) is 14.9 Å². The third-order valence-electron chi connectivity index (χ3n) is 1.77. The van der Waals surface area contributed by atoms with Crippen molar-refractivity contribution in [1.29, 1.82) is 0 Å². The topological polar surface area (TPSA) is 72.2 Å². The van der Waals surface area contributed by atoms with Gasteiger partial charge in [-0.3, -0.25) is 14.9 Å². The van der Waals surface area contributed by atoms with Crippen LogP contribution in [0.5, 0.6) is 0 Å². The molecule has 5 nitrogen and oxygen atoms in total. The lowest BCUT2D eigenvalue weighted by molar-refractivity contribution is -0.383. The van der Waals surface area contributed by atoms with E-state index in [1.165, 1.54) is 25.1 Å². The third-order valence-corrected chi connectivity index (χ3v) is 2.21. The van der Waals surface area contributed by atoms with Gasteiger partial charge >= 0.3 is 0 Å². The number of nitro groups is 1. The highest BCUT2D eigenvalue weighted by Gasteiger charge is 2.18. The van der Waals surface area contributed by atoms with Crippen LogP contribution in [-0.2, 0) is 4.79 Å². The molecule has 0 heterocycles. The predicted octanol–water partition coefficient (Wildman–Crippen LogP) is 2.81. The summed E-state index contributed by atoms with van der Waals surface area (Å²) in [6, 6.07) is 3.90. The summed E-state index contributed by atoms with van der Waals surface area (Å²) in [5.41, 5.74) is -0.190. The lowest BCUT2D eigenvalue weighted by atomic mass is 10.2. The number of hydrogen-bond donors (Lipinski definition) is 1. The molecule has 0 bridgehead atoms. The highest BCUT2D eigenvalue weighted by atomic mass is 35.5. The van der Waals surface area contributed by atoms with Crippen molar-refractivity contribution in [3.05, 3.63) is 33.3 Å². The molecule has 7 heteroatoms. The number of halogens is 2. The molecular weight excluding hydrogens is 255 g/mol. The van der Waals surface area contributed by atoms with Gasteiger partial charge in [-0.2, -0.15) is 0 Å². The van der Waals surface area contributed by atoms with Gasteiger partial charge in [-0.15, -0.1) is 11.6 Å². The average molecular weight is 263 g/mol. The average Bonchev–Trinajstić information content (AvgIpc) is 2.16. The monoisotopic (exact) mass is 262 g/mol. The van der Waals surface area contributed by atoms with Gasteiger partial charge in [-0.25, -0.2) is 0 Å². The van der Waals surface area contributed by atoms with Gasteiger partial charge in [0.2, 0.25) is 5.91 Å². The van der Waals surface area contributed by atoms with Gasteiger partial charge in [0.1, 0.15) is 11.1 Å². The molecule has 0 spiro atoms. The standard InChI is InChI=1S/C9H8Cl2N2O3/c1-5(10)9(14)12-7-4-6(11)2-3-8(7)13(15)16/h2-5H,1H3,(H,12,14). The summed E-state index contributed by atoms with van der Waals surface area (Å²) in [7, 11) is 0. The van der Waals surface area contributed by atoms with Crippen molar-refractivity contribution in [2.45, 2.75) is 12.3 Å². The molecule has 1 aromatic rings. The Morgan fingerprint density at radius 3 is 2.69 bits per heavy atom. The minimum Gasteiger partial charge on any atom is -0.319 e. The number of amides is 1. The molecule has 1 rings (SSSR count). The Bertz CT molecular complexity index is 435. The first-order chi connectivity index (χ1) is 7.41. The normalized spacial score (nSPS) is 11.9. The first-order valence-corrected chi connectivity index (χ1v) is 5.12. The highest BCUT2D eigenvalue weighted by molar-refractivity contribution is 6.33. The molecule has 86 valence electrons. The highest BCUT2D eigenvalue weighted by Crippen LogP contribution is 2.27. The van der Waals surface area contributed by atoms with Crippen LogP contribution in [0.2, 0.25) is 5.02 Å². The fourth-order valence-electron chi connectivity index (χ4n) is 1.000. The molecule has 1 unspecified atom stereocenters. The van der Waals surface area contributed by atoms with Crippen LogP contribution < -0.4 is 5.32 Å². The smallest absolute Gasteiger partial charge is 0.292 e. The molecule has 0 saturated carbocycles. The zero-order valence-electron chi connectivity index (χ0n) is 8.24. The summed E-state index contributed by atoms with van der Waals surface area (Å²) in [6.45, 7) is 1.47. The van der Waals surface area contributed by atoms with Crippen LogP contribution >= 0.6 is 23.2 Å². The van der Waals surface area contributed by atoms with Crippen molar-refractivity contribution in [3.8, 4) is 0 Å². The van der Waals surface area contributed by atoms with Crippen molar-refractivity contribution in [2.24, 2.45) is 0 Å². The zero-order chi connectivity index (χ0) is 12.3. The maximum atomic E-state index is 11.3. The molecule has 0 radical (unpaired) electrons. The first kappa shape index (κ1) is 12.7. The van der Waals surface area contributed by atoms with Gasteiger partial charge < -0.3 is 5.32 Å². The van der Waals surface area contributed by atoms with Crippen LogP contribution in [0, 0.1) is 10.1 Å². The minimum absolute atomic E-state index is 0.0370. The predicted molar refractivity (Wildman–Crippen MR) is 62.1 cm³/mol. The van der Waals surface area contributed by atoms with E-state index in [-0.39, 0.29) is 11.4 Å². The summed E-state index contributed by atoms with van der Waals surface area (Å²) < 4.78 is 0. The minimum atomic E-state index is -0.779. The molecule has 0 aliphatic heterocycles. The SMILES string of the molecule is CC(Cl)C(=O)Nc1cc(Cl)ccc1[N+](=O)[O-]. The second-order valence-electron chi connectivity index (χ2n) is 3.02. The van der Waals surface area contributed by atoms with Crippen LogP contribution in [0.15, 0.2) is 18.2 Å². The fourth-order valence-corrected chi connectivity index (χ4v) is 1.23. The first-order valence-electron chi connectivity index (χ1n) is 4.30. The molecule has 0 saturated heterocycles. The van der Waals surface area contributed by atoms with E-state index in [0.717, 1.165) is 0 Å². The summed E-state index contributed by atoms with van der Waals surface area (Å²) >= 11 is 11.2. The largest absolute Gasteiger partial charge is 0.319 e. The Morgan fingerprint density at radius 2 is 2.19 bits per heavy atom. The van der Waals surface area contributed by atoms with E-state index in [2.05, 4.69) is 5.32 Å². The quantitative estimate of drug-likeness (QED) is 0.517. The van der Waals surface area contributed by atoms with Gasteiger partial charge in [0, 0.05) is 11.1 Å². The van der Waals surface area contributed by atoms with E-state index in [4.69, 9.17) is 23.2 Å². The van der Waals surface area contributed by atoms with Crippen LogP contribution in [0.3, 0.4) is 0 Å². The second-order valence-corrected chi connectivity index (χ2v) is 4.11. The van der Waals surface area contributed by atoms with Crippen molar-refractivity contribution >= 4 is 40.5 Å². The zero-order valence-corrected chi connectivity index (χ0v) is 9.75. The lowest BCUT2D eigenvalue weighted by Gasteiger charge is -2.07. The number of nitro benzene ring substituents is 1. The van der Waals surface area contributed by atoms with Crippen LogP contribution in [0.4, 0.5) is 11.4 Å². The molecule has 1 atom stereocenters. The van der Waals surface area contributed by atoms with Crippen LogP contribution in [0.25, 0.3) is 0 Å². The van der Waals surface area contributed by atoms with Crippen LogP contribution in [-0.4, -0.2) is 16.2 Å². The Kier molecular flexibility index (Phi) is 4.09. The van der Waals surface area contributed by atoms with E-state index in [0.29, 0.717) is 5.02 Å². The number of carbonyl (C=O) groups is 1. The molecule has 0 aromatic heterocycles. The molecule has 0 fully saturated rings. The van der Waals surface area contributed by atoms with Gasteiger partial charge in [0.05, 0.1) is 4.92 Å². The molecule has 1 amide bonds. The number of anilines is 1. The molecule has 1 N–H and O–H groups in total. The molecule has 0 aliphatic carbocycles. The van der Waals surface area contributed by atoms with E-state index in [1.807, 2.05) is 0 Å². The number of hydrogen-bond acceptors (Lipinski definition) is 3. The van der Waals surface area contributed by atoms with Crippen molar-refractivity contribution in [2.75, 3.05) is 5.32 Å². The Hall–Kier alpha value is -1.33. The summed E-state index contributed by atoms with van der Waals surface area (Å²) in [6.07, 6.45) is 0. The number of nitrogens with one attached hydrogen (secondary N) is 1. The van der Waals surface area contributed by atoms with E-state index in [1.54, 1.807) is 0 Å². The summed E-state index contributed by atoms with van der Waals surface area (Å²) in [4.78, 5) is 21.3. The number of nitrogens with zero attached hydrogens (tertiary/aromatic N) is 1. The Morgan fingerprint density at radius 1 is 1.56 bits per heavy atom. The van der Waals surface area contributed by atoms with Gasteiger partial charge in [0.15, 0.2) is 0 Å².